The van der Waals surface area contributed by atoms with E-state index in [4.69, 9.17) is 11.6 Å². The first kappa shape index (κ1) is 8.55. The summed E-state index contributed by atoms with van der Waals surface area (Å²) in [7, 11) is 0. The van der Waals surface area contributed by atoms with Crippen molar-refractivity contribution in [3.05, 3.63) is 13.8 Å². The van der Waals surface area contributed by atoms with Gasteiger partial charge in [0.05, 0.1) is 5.51 Å². The van der Waals surface area contributed by atoms with Crippen LogP contribution >= 0.6 is 50.2 Å². The molecule has 7 heteroatoms. The predicted molar refractivity (Wildman–Crippen MR) is 53.7 cm³/mol. The Morgan fingerprint density at radius 2 is 2.25 bits per heavy atom. The van der Waals surface area contributed by atoms with E-state index in [1.807, 2.05) is 0 Å². The molecule has 0 saturated heterocycles. The van der Waals surface area contributed by atoms with E-state index in [1.54, 1.807) is 5.51 Å². The van der Waals surface area contributed by atoms with Crippen LogP contribution in [0.5, 0.6) is 0 Å². The molecule has 2 rings (SSSR count). The molecule has 0 aliphatic carbocycles. The Hall–Kier alpha value is -0.0400. The Morgan fingerprint density at radius 3 is 2.75 bits per heavy atom. The molecule has 2 aromatic rings. The third-order valence-corrected chi connectivity index (χ3v) is 3.70. The molecule has 0 fully saturated rings. The average Bonchev–Trinajstić information content (AvgIpc) is 2.58. The van der Waals surface area contributed by atoms with Crippen molar-refractivity contribution in [3.63, 3.8) is 0 Å². The van der Waals surface area contributed by atoms with E-state index < -0.39 is 0 Å². The van der Waals surface area contributed by atoms with E-state index >= 15 is 0 Å². The van der Waals surface area contributed by atoms with Gasteiger partial charge in [0, 0.05) is 0 Å². The number of hydrogen-bond acceptors (Lipinski definition) is 5. The van der Waals surface area contributed by atoms with Gasteiger partial charge in [-0.2, -0.15) is 0 Å². The van der Waals surface area contributed by atoms with Crippen LogP contribution in [0.15, 0.2) is 9.30 Å². The maximum atomic E-state index is 5.63. The van der Waals surface area contributed by atoms with Crippen LogP contribution in [0.3, 0.4) is 0 Å². The molecule has 0 aliphatic heterocycles. The van der Waals surface area contributed by atoms with Crippen molar-refractivity contribution < 1.29 is 0 Å². The lowest BCUT2D eigenvalue weighted by molar-refractivity contribution is 1.09. The normalized spacial score (nSPS) is 10.5. The quantitative estimate of drug-likeness (QED) is 0.807. The fourth-order valence-corrected chi connectivity index (χ4v) is 2.75. The maximum Gasteiger partial charge on any atom is 0.207 e. The van der Waals surface area contributed by atoms with E-state index in [9.17, 15) is 0 Å². The molecule has 0 atom stereocenters. The number of thiazole rings is 1. The van der Waals surface area contributed by atoms with Crippen molar-refractivity contribution >= 4 is 50.2 Å². The minimum Gasteiger partial charge on any atom is -0.241 e. The first-order valence-corrected chi connectivity index (χ1v) is 5.72. The summed E-state index contributed by atoms with van der Waals surface area (Å²) in [5, 5.41) is 8.30. The molecule has 62 valence electrons. The SMILES string of the molecule is Clc1nnc(-c2ncsc2Br)s1. The van der Waals surface area contributed by atoms with Crippen LogP contribution in [0.4, 0.5) is 0 Å². The Morgan fingerprint density at radius 1 is 1.42 bits per heavy atom. The Balaban J connectivity index is 2.50. The fourth-order valence-electron chi connectivity index (χ4n) is 0.672. The van der Waals surface area contributed by atoms with Gasteiger partial charge in [0.25, 0.3) is 0 Å². The van der Waals surface area contributed by atoms with Crippen LogP contribution in [0.1, 0.15) is 0 Å². The van der Waals surface area contributed by atoms with Crippen LogP contribution in [0.2, 0.25) is 4.47 Å². The maximum absolute atomic E-state index is 5.63. The molecule has 0 spiro atoms. The summed E-state index contributed by atoms with van der Waals surface area (Å²) in [6.45, 7) is 0. The zero-order chi connectivity index (χ0) is 8.55. The molecule has 2 heterocycles. The second-order valence-electron chi connectivity index (χ2n) is 1.83. The smallest absolute Gasteiger partial charge is 0.207 e. The summed E-state index contributed by atoms with van der Waals surface area (Å²) in [4.78, 5) is 4.12. The molecule has 0 unspecified atom stereocenters. The van der Waals surface area contributed by atoms with Crippen LogP contribution in [-0.2, 0) is 0 Å². The molecular formula is C5HBrClN3S2. The van der Waals surface area contributed by atoms with Crippen LogP contribution in [0, 0.1) is 0 Å². The highest BCUT2D eigenvalue weighted by Crippen LogP contribution is 2.32. The Kier molecular flexibility index (Phi) is 2.40. The van der Waals surface area contributed by atoms with Gasteiger partial charge in [0.1, 0.15) is 9.48 Å². The highest BCUT2D eigenvalue weighted by molar-refractivity contribution is 9.11. The average molecular weight is 283 g/mol. The molecule has 0 N–H and O–H groups in total. The second-order valence-corrected chi connectivity index (χ2v) is 5.57. The Bertz CT molecular complexity index is 399. The predicted octanol–water partition coefficient (Wildman–Crippen LogP) is 3.08. The first-order valence-electron chi connectivity index (χ1n) is 2.86. The molecule has 0 amide bonds. The van der Waals surface area contributed by atoms with Gasteiger partial charge < -0.3 is 0 Å². The summed E-state index contributed by atoms with van der Waals surface area (Å²) in [6, 6.07) is 0. The number of nitrogens with zero attached hydrogens (tertiary/aromatic N) is 3. The van der Waals surface area contributed by atoms with Crippen molar-refractivity contribution in [3.8, 4) is 10.7 Å². The lowest BCUT2D eigenvalue weighted by atomic mass is 10.5. The van der Waals surface area contributed by atoms with Crippen molar-refractivity contribution in [2.24, 2.45) is 0 Å². The summed E-state index contributed by atoms with van der Waals surface area (Å²) in [5.74, 6) is 0. The lowest BCUT2D eigenvalue weighted by Crippen LogP contribution is -1.75. The van der Waals surface area contributed by atoms with Crippen molar-refractivity contribution in [1.29, 1.82) is 0 Å². The summed E-state index contributed by atoms with van der Waals surface area (Å²) in [5.41, 5.74) is 2.55. The van der Waals surface area contributed by atoms with E-state index in [2.05, 4.69) is 31.1 Å². The number of rotatable bonds is 1. The monoisotopic (exact) mass is 281 g/mol. The van der Waals surface area contributed by atoms with Gasteiger partial charge in [0.2, 0.25) is 4.47 Å². The van der Waals surface area contributed by atoms with Gasteiger partial charge in [-0.15, -0.1) is 21.5 Å². The molecule has 12 heavy (non-hydrogen) atoms. The van der Waals surface area contributed by atoms with Gasteiger partial charge in [-0.3, -0.25) is 0 Å². The molecule has 0 bridgehead atoms. The van der Waals surface area contributed by atoms with E-state index in [-0.39, 0.29) is 0 Å². The van der Waals surface area contributed by atoms with Gasteiger partial charge in [-0.1, -0.05) is 11.3 Å². The van der Waals surface area contributed by atoms with Crippen LogP contribution < -0.4 is 0 Å². The van der Waals surface area contributed by atoms with Crippen molar-refractivity contribution in [1.82, 2.24) is 15.2 Å². The largest absolute Gasteiger partial charge is 0.241 e. The number of hydrogen-bond donors (Lipinski definition) is 0. The summed E-state index contributed by atoms with van der Waals surface area (Å²) in [6.07, 6.45) is 0. The fraction of sp³-hybridized carbons (Fsp3) is 0. The Labute approximate surface area is 89.6 Å². The minimum absolute atomic E-state index is 0.435. The zero-order valence-electron chi connectivity index (χ0n) is 5.49. The molecule has 0 aliphatic rings. The van der Waals surface area contributed by atoms with Crippen molar-refractivity contribution in [2.45, 2.75) is 0 Å². The van der Waals surface area contributed by atoms with Crippen LogP contribution in [0.25, 0.3) is 10.7 Å². The minimum atomic E-state index is 0.435. The highest BCUT2D eigenvalue weighted by Gasteiger charge is 2.10. The molecule has 0 saturated carbocycles. The molecule has 3 nitrogen and oxygen atoms in total. The third-order valence-electron chi connectivity index (χ3n) is 1.13. The van der Waals surface area contributed by atoms with Gasteiger partial charge >= 0.3 is 0 Å². The first-order chi connectivity index (χ1) is 5.77. The molecule has 0 radical (unpaired) electrons. The second kappa shape index (κ2) is 3.37. The molecular weight excluding hydrogens is 282 g/mol. The summed E-state index contributed by atoms with van der Waals surface area (Å²) < 4.78 is 1.39. The van der Waals surface area contributed by atoms with E-state index in [0.29, 0.717) is 4.47 Å². The van der Waals surface area contributed by atoms with E-state index in [1.165, 1.54) is 22.7 Å². The number of aromatic nitrogens is 3. The zero-order valence-corrected chi connectivity index (χ0v) is 9.47. The topological polar surface area (TPSA) is 38.7 Å². The highest BCUT2D eigenvalue weighted by atomic mass is 79.9. The third kappa shape index (κ3) is 1.52. The van der Waals surface area contributed by atoms with Gasteiger partial charge in [-0.05, 0) is 27.5 Å². The standard InChI is InChI=1S/C5HBrClN3S2/c6-3-2(8-1-11-3)4-9-10-5(7)12-4/h1H. The van der Waals surface area contributed by atoms with E-state index in [0.717, 1.165) is 14.5 Å². The molecule has 0 aromatic carbocycles. The van der Waals surface area contributed by atoms with Crippen LogP contribution in [-0.4, -0.2) is 15.2 Å². The van der Waals surface area contributed by atoms with Gasteiger partial charge in [-0.25, -0.2) is 4.98 Å². The van der Waals surface area contributed by atoms with Crippen molar-refractivity contribution in [2.75, 3.05) is 0 Å². The van der Waals surface area contributed by atoms with Gasteiger partial charge in [0.15, 0.2) is 5.01 Å². The molecule has 2 aromatic heterocycles. The summed E-state index contributed by atoms with van der Waals surface area (Å²) >= 11 is 11.8. The lowest BCUT2D eigenvalue weighted by Gasteiger charge is -1.85. The number of halogens is 2.